The first-order valence-electron chi connectivity index (χ1n) is 6.37. The first-order valence-corrected chi connectivity index (χ1v) is 6.37. The number of carbonyl (C=O) groups is 1. The number of anilines is 1. The molecule has 1 atom stereocenters. The molecule has 6 nitrogen and oxygen atoms in total. The summed E-state index contributed by atoms with van der Waals surface area (Å²) >= 11 is 0. The van der Waals surface area contributed by atoms with Crippen molar-refractivity contribution >= 4 is 17.3 Å². The number of rotatable bonds is 8. The van der Waals surface area contributed by atoms with E-state index in [-0.39, 0.29) is 24.6 Å². The van der Waals surface area contributed by atoms with Crippen LogP contribution in [0.25, 0.3) is 0 Å². The van der Waals surface area contributed by atoms with Crippen molar-refractivity contribution in [2.24, 2.45) is 5.92 Å². The Morgan fingerprint density at radius 3 is 2.62 bits per heavy atom. The monoisotopic (exact) mass is 302 g/mol. The third-order valence-electron chi connectivity index (χ3n) is 3.10. The molecule has 0 fully saturated rings. The third-order valence-corrected chi connectivity index (χ3v) is 3.10. The van der Waals surface area contributed by atoms with E-state index in [1.807, 2.05) is 0 Å². The summed E-state index contributed by atoms with van der Waals surface area (Å²) in [4.78, 5) is 20.5. The Morgan fingerprint density at radius 2 is 2.14 bits per heavy atom. The van der Waals surface area contributed by atoms with E-state index in [9.17, 15) is 23.7 Å². The normalized spacial score (nSPS) is 12.2. The van der Waals surface area contributed by atoms with Gasteiger partial charge in [-0.1, -0.05) is 13.3 Å². The topological polar surface area (TPSA) is 92.5 Å². The number of halogens is 2. The van der Waals surface area contributed by atoms with Crippen LogP contribution in [-0.4, -0.2) is 22.5 Å². The molecule has 0 aliphatic carbocycles. The lowest BCUT2D eigenvalue weighted by Crippen LogP contribution is -2.18. The third kappa shape index (κ3) is 4.97. The molecule has 0 saturated heterocycles. The zero-order valence-corrected chi connectivity index (χ0v) is 11.4. The molecule has 8 heteroatoms. The first-order chi connectivity index (χ1) is 9.85. The zero-order valence-electron chi connectivity index (χ0n) is 11.4. The second kappa shape index (κ2) is 7.51. The van der Waals surface area contributed by atoms with E-state index in [1.165, 1.54) is 6.07 Å². The van der Waals surface area contributed by atoms with Crippen LogP contribution in [0.5, 0.6) is 0 Å². The van der Waals surface area contributed by atoms with E-state index in [0.29, 0.717) is 6.42 Å². The summed E-state index contributed by atoms with van der Waals surface area (Å²) in [7, 11) is 0. The van der Waals surface area contributed by atoms with E-state index >= 15 is 0 Å². The number of nitro groups is 1. The molecule has 0 heterocycles. The van der Waals surface area contributed by atoms with Gasteiger partial charge in [0.25, 0.3) is 12.1 Å². The van der Waals surface area contributed by atoms with Crippen LogP contribution in [0.15, 0.2) is 18.2 Å². The fourth-order valence-corrected chi connectivity index (χ4v) is 1.87. The van der Waals surface area contributed by atoms with E-state index < -0.39 is 28.6 Å². The van der Waals surface area contributed by atoms with Crippen LogP contribution < -0.4 is 5.32 Å². The highest BCUT2D eigenvalue weighted by atomic mass is 19.3. The molecule has 0 aliphatic rings. The number of nitrogens with one attached hydrogen (secondary N) is 1. The van der Waals surface area contributed by atoms with Crippen LogP contribution in [0.2, 0.25) is 0 Å². The van der Waals surface area contributed by atoms with Gasteiger partial charge < -0.3 is 10.4 Å². The van der Waals surface area contributed by atoms with Gasteiger partial charge in [-0.15, -0.1) is 0 Å². The molecule has 1 aromatic carbocycles. The molecule has 1 unspecified atom stereocenters. The number of nitro benzene ring substituents is 1. The van der Waals surface area contributed by atoms with E-state index in [1.54, 1.807) is 6.92 Å². The summed E-state index contributed by atoms with van der Waals surface area (Å²) in [6.07, 6.45) is -2.34. The first kappa shape index (κ1) is 16.8. The molecule has 0 saturated carbocycles. The van der Waals surface area contributed by atoms with Gasteiger partial charge in [0.15, 0.2) is 0 Å². The van der Waals surface area contributed by atoms with Gasteiger partial charge in [-0.25, -0.2) is 8.78 Å². The molecular formula is C13H16F2N2O4. The quantitative estimate of drug-likeness (QED) is 0.567. The summed E-state index contributed by atoms with van der Waals surface area (Å²) in [6, 6.07) is 3.17. The highest BCUT2D eigenvalue weighted by Gasteiger charge is 2.19. The number of alkyl halides is 2. The summed E-state index contributed by atoms with van der Waals surface area (Å²) in [5, 5.41) is 22.1. The van der Waals surface area contributed by atoms with Gasteiger partial charge in [0.05, 0.1) is 4.92 Å². The van der Waals surface area contributed by atoms with Gasteiger partial charge in [0, 0.05) is 36.3 Å². The lowest BCUT2D eigenvalue weighted by Gasteiger charge is -2.16. The molecule has 0 radical (unpaired) electrons. The van der Waals surface area contributed by atoms with Crippen molar-refractivity contribution in [1.29, 1.82) is 0 Å². The van der Waals surface area contributed by atoms with Crippen LogP contribution in [0, 0.1) is 16.0 Å². The summed E-state index contributed by atoms with van der Waals surface area (Å²) < 4.78 is 25.9. The van der Waals surface area contributed by atoms with Crippen molar-refractivity contribution in [1.82, 2.24) is 0 Å². The van der Waals surface area contributed by atoms with E-state index in [4.69, 9.17) is 5.11 Å². The highest BCUT2D eigenvalue weighted by molar-refractivity contribution is 5.67. The lowest BCUT2D eigenvalue weighted by atomic mass is 10.0. The predicted molar refractivity (Wildman–Crippen MR) is 72.6 cm³/mol. The summed E-state index contributed by atoms with van der Waals surface area (Å²) in [5.41, 5.74) is -0.790. The molecule has 0 spiro atoms. The Hall–Kier alpha value is -2.25. The Morgan fingerprint density at radius 1 is 1.48 bits per heavy atom. The lowest BCUT2D eigenvalue weighted by molar-refractivity contribution is -0.385. The Labute approximate surface area is 119 Å². The van der Waals surface area contributed by atoms with E-state index in [0.717, 1.165) is 12.1 Å². The van der Waals surface area contributed by atoms with Gasteiger partial charge >= 0.3 is 5.97 Å². The molecule has 0 bridgehead atoms. The number of aliphatic carboxylic acids is 1. The largest absolute Gasteiger partial charge is 0.481 e. The van der Waals surface area contributed by atoms with Crippen molar-refractivity contribution in [2.75, 3.05) is 11.9 Å². The Bertz CT molecular complexity index is 523. The zero-order chi connectivity index (χ0) is 16.0. The SMILES string of the molecule is CCC(CNc1ccc([N+](=O)[O-])cc1C(F)F)CC(=O)O. The van der Waals surface area contributed by atoms with Crippen molar-refractivity contribution in [3.05, 3.63) is 33.9 Å². The van der Waals surface area contributed by atoms with Gasteiger partial charge in [0.2, 0.25) is 0 Å². The Kier molecular flexibility index (Phi) is 6.01. The van der Waals surface area contributed by atoms with Crippen LogP contribution in [0.4, 0.5) is 20.2 Å². The van der Waals surface area contributed by atoms with Crippen LogP contribution in [0.1, 0.15) is 31.8 Å². The molecule has 1 aromatic rings. The molecule has 21 heavy (non-hydrogen) atoms. The number of carboxylic acid groups (broad SMARTS) is 1. The number of non-ortho nitro benzene ring substituents is 1. The second-order valence-corrected chi connectivity index (χ2v) is 4.58. The van der Waals surface area contributed by atoms with E-state index in [2.05, 4.69) is 5.32 Å². The van der Waals surface area contributed by atoms with Crippen LogP contribution >= 0.6 is 0 Å². The van der Waals surface area contributed by atoms with Gasteiger partial charge in [0.1, 0.15) is 0 Å². The van der Waals surface area contributed by atoms with Gasteiger partial charge in [-0.05, 0) is 12.0 Å². The standard InChI is InChI=1S/C13H16F2N2O4/c1-2-8(5-12(18)19)7-16-11-4-3-9(17(20)21)6-10(11)13(14)15/h3-4,6,8,13,16H,2,5,7H2,1H3,(H,18,19). The maximum atomic E-state index is 12.9. The molecule has 2 N–H and O–H groups in total. The number of nitrogens with zero attached hydrogens (tertiary/aromatic N) is 1. The van der Waals surface area contributed by atoms with Crippen molar-refractivity contribution in [2.45, 2.75) is 26.2 Å². The molecular weight excluding hydrogens is 286 g/mol. The summed E-state index contributed by atoms with van der Waals surface area (Å²) in [6.45, 7) is 2.01. The minimum absolute atomic E-state index is 0.0690. The van der Waals surface area contributed by atoms with Crippen molar-refractivity contribution < 1.29 is 23.6 Å². The molecule has 0 aliphatic heterocycles. The minimum atomic E-state index is -2.85. The molecule has 0 aromatic heterocycles. The van der Waals surface area contributed by atoms with Crippen LogP contribution in [-0.2, 0) is 4.79 Å². The number of carboxylic acids is 1. The van der Waals surface area contributed by atoms with Crippen molar-refractivity contribution in [3.8, 4) is 0 Å². The number of hydrogen-bond acceptors (Lipinski definition) is 4. The maximum Gasteiger partial charge on any atom is 0.303 e. The molecule has 0 amide bonds. The molecule has 1 rings (SSSR count). The smallest absolute Gasteiger partial charge is 0.303 e. The maximum absolute atomic E-state index is 12.9. The summed E-state index contributed by atoms with van der Waals surface area (Å²) in [5.74, 6) is -1.16. The average Bonchev–Trinajstić information content (AvgIpc) is 2.42. The number of hydrogen-bond donors (Lipinski definition) is 2. The average molecular weight is 302 g/mol. The fraction of sp³-hybridized carbons (Fsp3) is 0.462. The highest BCUT2D eigenvalue weighted by Crippen LogP contribution is 2.31. The van der Waals surface area contributed by atoms with Crippen molar-refractivity contribution in [3.63, 3.8) is 0 Å². The Balaban J connectivity index is 2.87. The minimum Gasteiger partial charge on any atom is -0.481 e. The molecule has 116 valence electrons. The fourth-order valence-electron chi connectivity index (χ4n) is 1.87. The number of benzene rings is 1. The second-order valence-electron chi connectivity index (χ2n) is 4.58. The van der Waals surface area contributed by atoms with Crippen LogP contribution in [0.3, 0.4) is 0 Å². The van der Waals surface area contributed by atoms with Gasteiger partial charge in [-0.2, -0.15) is 0 Å². The predicted octanol–water partition coefficient (Wildman–Crippen LogP) is 3.45. The van der Waals surface area contributed by atoms with Gasteiger partial charge in [-0.3, -0.25) is 14.9 Å².